The number of alkyl halides is 1. The van der Waals surface area contributed by atoms with Crippen LogP contribution in [0, 0.1) is 5.41 Å². The molecule has 2 nitrogen and oxygen atoms in total. The lowest BCUT2D eigenvalue weighted by Crippen LogP contribution is -2.17. The summed E-state index contributed by atoms with van der Waals surface area (Å²) in [6, 6.07) is 8.20. The van der Waals surface area contributed by atoms with Crippen LogP contribution in [0.5, 0.6) is 0 Å². The highest BCUT2D eigenvalue weighted by Gasteiger charge is 2.41. The van der Waals surface area contributed by atoms with Crippen LogP contribution in [-0.2, 0) is 0 Å². The molecule has 0 spiro atoms. The summed E-state index contributed by atoms with van der Waals surface area (Å²) in [6.07, 6.45) is 4.28. The molecule has 3 rings (SSSR count). The van der Waals surface area contributed by atoms with E-state index in [9.17, 15) is 0 Å². The number of nitrogens with zero attached hydrogens (tertiary/aromatic N) is 1. The molecule has 18 heavy (non-hydrogen) atoms. The van der Waals surface area contributed by atoms with Crippen LogP contribution >= 0.6 is 27.5 Å². The second-order valence-corrected chi connectivity index (χ2v) is 6.10. The molecule has 94 valence electrons. The van der Waals surface area contributed by atoms with Gasteiger partial charge in [-0.25, -0.2) is 4.98 Å². The van der Waals surface area contributed by atoms with Crippen molar-refractivity contribution in [3.63, 3.8) is 0 Å². The number of pyridine rings is 1. The molecule has 1 aromatic carbocycles. The lowest BCUT2D eigenvalue weighted by molar-refractivity contribution is 0.618. The summed E-state index contributed by atoms with van der Waals surface area (Å²) in [5, 5.41) is 5.79. The molecule has 0 amide bonds. The lowest BCUT2D eigenvalue weighted by Gasteiger charge is -2.14. The first-order valence-corrected chi connectivity index (χ1v) is 7.40. The number of anilines is 1. The molecular formula is C14H14BrClN2. The largest absolute Gasteiger partial charge is 0.369 e. The summed E-state index contributed by atoms with van der Waals surface area (Å²) in [7, 11) is 0. The highest BCUT2D eigenvalue weighted by Crippen LogP contribution is 2.46. The number of fused-ring (bicyclic) bond motifs is 1. The summed E-state index contributed by atoms with van der Waals surface area (Å²) in [5.74, 6) is 1.68. The second-order valence-electron chi connectivity index (χ2n) is 4.98. The number of aromatic nitrogens is 1. The SMILES string of the molecule is ClCC1(CNc2nccc3c(Br)cccc23)CC1. The molecule has 1 heterocycles. The summed E-state index contributed by atoms with van der Waals surface area (Å²) in [5.41, 5.74) is 0.303. The van der Waals surface area contributed by atoms with Crippen molar-refractivity contribution >= 4 is 44.1 Å². The Bertz CT molecular complexity index is 581. The Morgan fingerprint density at radius 2 is 2.11 bits per heavy atom. The predicted molar refractivity (Wildman–Crippen MR) is 80.3 cm³/mol. The lowest BCUT2D eigenvalue weighted by atomic mass is 10.1. The molecule has 1 aliphatic carbocycles. The molecule has 0 saturated heterocycles. The maximum atomic E-state index is 6.00. The Balaban J connectivity index is 1.90. The van der Waals surface area contributed by atoms with Gasteiger partial charge in [0.2, 0.25) is 0 Å². The summed E-state index contributed by atoms with van der Waals surface area (Å²) in [4.78, 5) is 4.44. The monoisotopic (exact) mass is 324 g/mol. The first-order chi connectivity index (χ1) is 8.74. The topological polar surface area (TPSA) is 24.9 Å². The Hall–Kier alpha value is -0.800. The molecule has 1 fully saturated rings. The number of hydrogen-bond donors (Lipinski definition) is 1. The fourth-order valence-corrected chi connectivity index (χ4v) is 2.98. The van der Waals surface area contributed by atoms with E-state index < -0.39 is 0 Å². The van der Waals surface area contributed by atoms with Crippen molar-refractivity contribution in [2.24, 2.45) is 5.41 Å². The van der Waals surface area contributed by atoms with Crippen LogP contribution in [0.1, 0.15) is 12.8 Å². The summed E-state index contributed by atoms with van der Waals surface area (Å²) >= 11 is 9.57. The number of hydrogen-bond acceptors (Lipinski definition) is 2. The van der Waals surface area contributed by atoms with Crippen LogP contribution in [0.15, 0.2) is 34.9 Å². The molecule has 1 aromatic heterocycles. The van der Waals surface area contributed by atoms with Gasteiger partial charge in [-0.2, -0.15) is 0 Å². The Labute approximate surface area is 120 Å². The first-order valence-electron chi connectivity index (χ1n) is 6.07. The molecule has 1 aliphatic rings. The molecule has 1 N–H and O–H groups in total. The van der Waals surface area contributed by atoms with Crippen molar-refractivity contribution < 1.29 is 0 Å². The van der Waals surface area contributed by atoms with E-state index in [1.807, 2.05) is 24.4 Å². The smallest absolute Gasteiger partial charge is 0.133 e. The van der Waals surface area contributed by atoms with Gasteiger partial charge in [0.1, 0.15) is 5.82 Å². The van der Waals surface area contributed by atoms with Gasteiger partial charge in [-0.1, -0.05) is 28.1 Å². The number of benzene rings is 1. The second kappa shape index (κ2) is 4.71. The zero-order valence-electron chi connectivity index (χ0n) is 9.92. The van der Waals surface area contributed by atoms with Gasteiger partial charge in [0.15, 0.2) is 0 Å². The molecule has 0 radical (unpaired) electrons. The quantitative estimate of drug-likeness (QED) is 0.841. The van der Waals surface area contributed by atoms with Crippen LogP contribution in [0.4, 0.5) is 5.82 Å². The minimum Gasteiger partial charge on any atom is -0.369 e. The van der Waals surface area contributed by atoms with E-state index in [0.717, 1.165) is 28.1 Å². The fourth-order valence-electron chi connectivity index (χ4n) is 2.12. The van der Waals surface area contributed by atoms with Crippen LogP contribution in [0.3, 0.4) is 0 Å². The first kappa shape index (κ1) is 12.2. The third kappa shape index (κ3) is 2.21. The predicted octanol–water partition coefficient (Wildman–Crippen LogP) is 4.43. The van der Waals surface area contributed by atoms with Crippen LogP contribution in [0.2, 0.25) is 0 Å². The molecule has 0 bridgehead atoms. The van der Waals surface area contributed by atoms with Crippen LogP contribution < -0.4 is 5.32 Å². The zero-order chi connectivity index (χ0) is 12.6. The van der Waals surface area contributed by atoms with Crippen molar-refractivity contribution in [3.05, 3.63) is 34.9 Å². The van der Waals surface area contributed by atoms with E-state index in [4.69, 9.17) is 11.6 Å². The van der Waals surface area contributed by atoms with E-state index in [1.54, 1.807) is 0 Å². The number of nitrogens with one attached hydrogen (secondary N) is 1. The van der Waals surface area contributed by atoms with Crippen molar-refractivity contribution in [1.82, 2.24) is 4.98 Å². The van der Waals surface area contributed by atoms with Gasteiger partial charge in [0, 0.05) is 39.3 Å². The number of halogens is 2. The minimum atomic E-state index is 0.303. The zero-order valence-corrected chi connectivity index (χ0v) is 12.3. The fraction of sp³-hybridized carbons (Fsp3) is 0.357. The minimum absolute atomic E-state index is 0.303. The van der Waals surface area contributed by atoms with Gasteiger partial charge < -0.3 is 5.32 Å². The van der Waals surface area contributed by atoms with Crippen molar-refractivity contribution in [3.8, 4) is 0 Å². The average molecular weight is 326 g/mol. The Morgan fingerprint density at radius 3 is 2.83 bits per heavy atom. The normalized spacial score (nSPS) is 16.8. The van der Waals surface area contributed by atoms with E-state index in [-0.39, 0.29) is 0 Å². The van der Waals surface area contributed by atoms with Crippen molar-refractivity contribution in [2.45, 2.75) is 12.8 Å². The van der Waals surface area contributed by atoms with E-state index >= 15 is 0 Å². The molecule has 0 unspecified atom stereocenters. The van der Waals surface area contributed by atoms with Crippen molar-refractivity contribution in [1.29, 1.82) is 0 Å². The van der Waals surface area contributed by atoms with E-state index in [0.29, 0.717) is 5.41 Å². The van der Waals surface area contributed by atoms with Gasteiger partial charge in [-0.05, 0) is 25.0 Å². The van der Waals surface area contributed by atoms with Gasteiger partial charge >= 0.3 is 0 Å². The van der Waals surface area contributed by atoms with Crippen molar-refractivity contribution in [2.75, 3.05) is 17.7 Å². The maximum Gasteiger partial charge on any atom is 0.133 e. The standard InChI is InChI=1S/C14H14BrClN2/c15-12-3-1-2-11-10(12)4-7-17-13(11)18-9-14(8-16)5-6-14/h1-4,7H,5-6,8-9H2,(H,17,18). The Morgan fingerprint density at radius 1 is 1.28 bits per heavy atom. The van der Waals surface area contributed by atoms with E-state index in [2.05, 4.69) is 32.3 Å². The Kier molecular flexibility index (Phi) is 3.20. The third-order valence-corrected chi connectivity index (χ3v) is 4.88. The van der Waals surface area contributed by atoms with Crippen LogP contribution in [0.25, 0.3) is 10.8 Å². The van der Waals surface area contributed by atoms with Gasteiger partial charge in [-0.15, -0.1) is 11.6 Å². The molecular weight excluding hydrogens is 312 g/mol. The van der Waals surface area contributed by atoms with Gasteiger partial charge in [-0.3, -0.25) is 0 Å². The summed E-state index contributed by atoms with van der Waals surface area (Å²) < 4.78 is 1.10. The molecule has 1 saturated carbocycles. The third-order valence-electron chi connectivity index (χ3n) is 3.62. The molecule has 0 atom stereocenters. The van der Waals surface area contributed by atoms with Gasteiger partial charge in [0.05, 0.1) is 0 Å². The maximum absolute atomic E-state index is 6.00. The highest BCUT2D eigenvalue weighted by atomic mass is 79.9. The van der Waals surface area contributed by atoms with Gasteiger partial charge in [0.25, 0.3) is 0 Å². The summed E-state index contributed by atoms with van der Waals surface area (Å²) in [6.45, 7) is 0.912. The average Bonchev–Trinajstić information content (AvgIpc) is 3.18. The molecule has 4 heteroatoms. The van der Waals surface area contributed by atoms with Crippen LogP contribution in [-0.4, -0.2) is 17.4 Å². The number of rotatable bonds is 4. The molecule has 0 aliphatic heterocycles. The molecule has 2 aromatic rings. The van der Waals surface area contributed by atoms with E-state index in [1.165, 1.54) is 18.2 Å². The highest BCUT2D eigenvalue weighted by molar-refractivity contribution is 9.10.